The van der Waals surface area contributed by atoms with Crippen LogP contribution in [0.4, 0.5) is 0 Å². The van der Waals surface area contributed by atoms with E-state index in [2.05, 4.69) is 6.92 Å². The molecule has 4 nitrogen and oxygen atoms in total. The minimum absolute atomic E-state index is 0.180. The van der Waals surface area contributed by atoms with Crippen molar-refractivity contribution in [3.8, 4) is 0 Å². The van der Waals surface area contributed by atoms with Gasteiger partial charge in [0.2, 0.25) is 0 Å². The molecule has 0 saturated heterocycles. The second kappa shape index (κ2) is 3.55. The number of rotatable bonds is 3. The predicted octanol–water partition coefficient (Wildman–Crippen LogP) is 0.639. The molecule has 78 valence electrons. The van der Waals surface area contributed by atoms with E-state index < -0.39 is 10.1 Å². The Balaban J connectivity index is 2.72. The van der Waals surface area contributed by atoms with Crippen molar-refractivity contribution < 1.29 is 13.0 Å². The molecular weight excluding hydrogens is 190 g/mol. The Morgan fingerprint density at radius 1 is 1.62 bits per heavy atom. The first kappa shape index (κ1) is 10.9. The van der Waals surface area contributed by atoms with Crippen LogP contribution in [0.3, 0.4) is 0 Å². The van der Waals surface area contributed by atoms with E-state index in [-0.39, 0.29) is 11.2 Å². The van der Waals surface area contributed by atoms with Crippen molar-refractivity contribution in [3.63, 3.8) is 0 Å². The van der Waals surface area contributed by atoms with Crippen molar-refractivity contribution in [3.05, 3.63) is 0 Å². The van der Waals surface area contributed by atoms with Crippen LogP contribution >= 0.6 is 0 Å². The van der Waals surface area contributed by atoms with Crippen molar-refractivity contribution in [1.82, 2.24) is 0 Å². The Kier molecular flexibility index (Phi) is 2.99. The lowest BCUT2D eigenvalue weighted by atomic mass is 9.88. The van der Waals surface area contributed by atoms with Crippen molar-refractivity contribution in [1.29, 1.82) is 0 Å². The van der Waals surface area contributed by atoms with E-state index in [4.69, 9.17) is 10.3 Å². The monoisotopic (exact) mass is 207 g/mol. The first-order valence-electron chi connectivity index (χ1n) is 4.52. The van der Waals surface area contributed by atoms with Gasteiger partial charge in [-0.25, -0.2) is 0 Å². The average Bonchev–Trinajstić information content (AvgIpc) is 2.29. The molecule has 0 amide bonds. The van der Waals surface area contributed by atoms with Crippen LogP contribution in [-0.2, 0) is 10.1 Å². The minimum atomic E-state index is -3.88. The SMILES string of the molecule is CC1CCC(CN)(CS(=O)(=O)O)C1. The van der Waals surface area contributed by atoms with Crippen molar-refractivity contribution in [2.24, 2.45) is 17.1 Å². The Labute approximate surface area is 79.3 Å². The summed E-state index contributed by atoms with van der Waals surface area (Å²) >= 11 is 0. The van der Waals surface area contributed by atoms with Crippen LogP contribution in [-0.4, -0.2) is 25.3 Å². The summed E-state index contributed by atoms with van der Waals surface area (Å²) < 4.78 is 30.3. The molecule has 1 rings (SSSR count). The second-order valence-corrected chi connectivity index (χ2v) is 5.73. The van der Waals surface area contributed by atoms with Gasteiger partial charge in [-0.2, -0.15) is 8.42 Å². The molecule has 0 aromatic heterocycles. The third-order valence-electron chi connectivity index (χ3n) is 2.87. The maximum atomic E-state index is 10.8. The molecule has 0 bridgehead atoms. The molecule has 0 aromatic carbocycles. The van der Waals surface area contributed by atoms with E-state index in [1.807, 2.05) is 0 Å². The minimum Gasteiger partial charge on any atom is -0.330 e. The van der Waals surface area contributed by atoms with Crippen molar-refractivity contribution in [2.45, 2.75) is 26.2 Å². The Bertz CT molecular complexity index is 275. The van der Waals surface area contributed by atoms with Crippen molar-refractivity contribution >= 4 is 10.1 Å². The molecule has 0 aromatic rings. The summed E-state index contributed by atoms with van der Waals surface area (Å²) in [6, 6.07) is 0. The van der Waals surface area contributed by atoms with Crippen LogP contribution in [0.1, 0.15) is 26.2 Å². The summed E-state index contributed by atoms with van der Waals surface area (Å²) in [4.78, 5) is 0. The van der Waals surface area contributed by atoms with Gasteiger partial charge in [0.15, 0.2) is 0 Å². The molecule has 0 heterocycles. The molecule has 1 fully saturated rings. The molecule has 2 atom stereocenters. The zero-order chi connectivity index (χ0) is 10.1. The third kappa shape index (κ3) is 2.93. The normalized spacial score (nSPS) is 35.2. The lowest BCUT2D eigenvalue weighted by Crippen LogP contribution is -2.35. The van der Waals surface area contributed by atoms with E-state index >= 15 is 0 Å². The summed E-state index contributed by atoms with van der Waals surface area (Å²) in [6.45, 7) is 2.43. The molecule has 2 unspecified atom stereocenters. The molecule has 5 heteroatoms. The largest absolute Gasteiger partial charge is 0.330 e. The molecule has 0 aliphatic heterocycles. The predicted molar refractivity (Wildman–Crippen MR) is 50.9 cm³/mol. The van der Waals surface area contributed by atoms with E-state index in [9.17, 15) is 8.42 Å². The highest BCUT2D eigenvalue weighted by molar-refractivity contribution is 7.85. The van der Waals surface area contributed by atoms with E-state index in [1.165, 1.54) is 0 Å². The first-order valence-corrected chi connectivity index (χ1v) is 6.13. The molecular formula is C8H17NO3S. The van der Waals surface area contributed by atoms with E-state index in [0.717, 1.165) is 19.3 Å². The van der Waals surface area contributed by atoms with Gasteiger partial charge >= 0.3 is 0 Å². The quantitative estimate of drug-likeness (QED) is 0.665. The molecule has 1 saturated carbocycles. The fourth-order valence-electron chi connectivity index (χ4n) is 2.26. The Morgan fingerprint density at radius 2 is 2.23 bits per heavy atom. The summed E-state index contributed by atoms with van der Waals surface area (Å²) in [5, 5.41) is 0. The number of hydrogen-bond donors (Lipinski definition) is 2. The van der Waals surface area contributed by atoms with E-state index in [0.29, 0.717) is 12.5 Å². The zero-order valence-corrected chi connectivity index (χ0v) is 8.68. The summed E-state index contributed by atoms with van der Waals surface area (Å²) in [5.41, 5.74) is 5.19. The summed E-state index contributed by atoms with van der Waals surface area (Å²) in [7, 11) is -3.88. The van der Waals surface area contributed by atoms with Gasteiger partial charge in [0.05, 0.1) is 5.75 Å². The molecule has 3 N–H and O–H groups in total. The summed E-state index contributed by atoms with van der Waals surface area (Å²) in [6.07, 6.45) is 2.63. The highest BCUT2D eigenvalue weighted by atomic mass is 32.2. The lowest BCUT2D eigenvalue weighted by molar-refractivity contribution is 0.327. The molecule has 0 radical (unpaired) electrons. The van der Waals surface area contributed by atoms with Crippen LogP contribution in [0.2, 0.25) is 0 Å². The molecule has 1 aliphatic carbocycles. The van der Waals surface area contributed by atoms with Gasteiger partial charge in [-0.15, -0.1) is 0 Å². The van der Waals surface area contributed by atoms with Gasteiger partial charge < -0.3 is 5.73 Å². The second-order valence-electron chi connectivity index (χ2n) is 4.28. The van der Waals surface area contributed by atoms with Crippen LogP contribution in [0.5, 0.6) is 0 Å². The van der Waals surface area contributed by atoms with Gasteiger partial charge in [-0.1, -0.05) is 13.3 Å². The van der Waals surface area contributed by atoms with Crippen LogP contribution < -0.4 is 5.73 Å². The molecule has 13 heavy (non-hydrogen) atoms. The Hall–Kier alpha value is -0.130. The fraction of sp³-hybridized carbons (Fsp3) is 1.00. The van der Waals surface area contributed by atoms with Gasteiger partial charge in [0.25, 0.3) is 10.1 Å². The standard InChI is InChI=1S/C8H17NO3S/c1-7-2-3-8(4-7,5-9)6-13(10,11)12/h7H,2-6,9H2,1H3,(H,10,11,12). The smallest absolute Gasteiger partial charge is 0.265 e. The highest BCUT2D eigenvalue weighted by Crippen LogP contribution is 2.41. The zero-order valence-electron chi connectivity index (χ0n) is 7.86. The Morgan fingerprint density at radius 3 is 2.54 bits per heavy atom. The summed E-state index contributed by atoms with van der Waals surface area (Å²) in [5.74, 6) is 0.339. The number of nitrogens with two attached hydrogens (primary N) is 1. The van der Waals surface area contributed by atoms with Gasteiger partial charge in [0.1, 0.15) is 0 Å². The van der Waals surface area contributed by atoms with E-state index in [1.54, 1.807) is 0 Å². The van der Waals surface area contributed by atoms with Crippen LogP contribution in [0.15, 0.2) is 0 Å². The van der Waals surface area contributed by atoms with Crippen LogP contribution in [0, 0.1) is 11.3 Å². The fourth-order valence-corrected chi connectivity index (χ4v) is 3.41. The third-order valence-corrected chi connectivity index (χ3v) is 3.85. The van der Waals surface area contributed by atoms with Gasteiger partial charge in [-0.05, 0) is 30.7 Å². The van der Waals surface area contributed by atoms with Crippen molar-refractivity contribution in [2.75, 3.05) is 12.3 Å². The van der Waals surface area contributed by atoms with Gasteiger partial charge in [-0.3, -0.25) is 4.55 Å². The average molecular weight is 207 g/mol. The molecule has 1 aliphatic rings. The highest BCUT2D eigenvalue weighted by Gasteiger charge is 2.39. The molecule has 0 spiro atoms. The topological polar surface area (TPSA) is 80.4 Å². The maximum absolute atomic E-state index is 10.8. The maximum Gasteiger partial charge on any atom is 0.265 e. The van der Waals surface area contributed by atoms with Gasteiger partial charge in [0, 0.05) is 0 Å². The number of hydrogen-bond acceptors (Lipinski definition) is 3. The van der Waals surface area contributed by atoms with Crippen LogP contribution in [0.25, 0.3) is 0 Å². The first-order chi connectivity index (χ1) is 5.87. The lowest BCUT2D eigenvalue weighted by Gasteiger charge is -2.25.